The zero-order valence-electron chi connectivity index (χ0n) is 9.66. The van der Waals surface area contributed by atoms with E-state index >= 15 is 0 Å². The minimum atomic E-state index is -7.52. The van der Waals surface area contributed by atoms with E-state index in [1.54, 1.807) is 0 Å². The van der Waals surface area contributed by atoms with E-state index in [1.807, 2.05) is 0 Å². The van der Waals surface area contributed by atoms with E-state index in [9.17, 15) is 52.3 Å². The van der Waals surface area contributed by atoms with Crippen LogP contribution in [0.2, 0.25) is 0 Å². The van der Waals surface area contributed by atoms with Crippen LogP contribution in [-0.2, 0) is 10.1 Å². The molecular formula is C7H6F10O3S. The lowest BCUT2D eigenvalue weighted by Crippen LogP contribution is -2.68. The topological polar surface area (TPSA) is 54.4 Å². The van der Waals surface area contributed by atoms with Crippen LogP contribution in [0.25, 0.3) is 0 Å². The smallest absolute Gasteiger partial charge is 0.281 e. The Bertz CT molecular complexity index is 497. The molecule has 128 valence electrons. The van der Waals surface area contributed by atoms with Crippen LogP contribution in [0.5, 0.6) is 0 Å². The molecule has 0 spiro atoms. The van der Waals surface area contributed by atoms with Crippen LogP contribution in [0.1, 0.15) is 13.3 Å². The molecule has 0 aliphatic rings. The van der Waals surface area contributed by atoms with Gasteiger partial charge in [0.1, 0.15) is 0 Å². The molecule has 0 atom stereocenters. The molecular weight excluding hydrogens is 354 g/mol. The van der Waals surface area contributed by atoms with Gasteiger partial charge in [-0.2, -0.15) is 52.3 Å². The average Bonchev–Trinajstić information content (AvgIpc) is 2.26. The Hall–Kier alpha value is -0.790. The molecule has 21 heavy (non-hydrogen) atoms. The van der Waals surface area contributed by atoms with E-state index in [-0.39, 0.29) is 6.92 Å². The molecule has 0 bridgehead atoms. The molecule has 0 amide bonds. The molecule has 0 rings (SSSR count). The van der Waals surface area contributed by atoms with Crippen molar-refractivity contribution in [1.29, 1.82) is 0 Å². The van der Waals surface area contributed by atoms with E-state index in [1.165, 1.54) is 0 Å². The van der Waals surface area contributed by atoms with Gasteiger partial charge in [-0.15, -0.1) is 0 Å². The summed E-state index contributed by atoms with van der Waals surface area (Å²) >= 11 is 0. The summed E-state index contributed by atoms with van der Waals surface area (Å²) in [6.45, 7) is 0.170. The predicted octanol–water partition coefficient (Wildman–Crippen LogP) is 3.42. The number of hydrogen-bond acceptors (Lipinski definition) is 2. The lowest BCUT2D eigenvalue weighted by molar-refractivity contribution is -0.390. The van der Waals surface area contributed by atoms with Crippen LogP contribution >= 0.6 is 0 Å². The Morgan fingerprint density at radius 2 is 1.10 bits per heavy atom. The summed E-state index contributed by atoms with van der Waals surface area (Å²) < 4.78 is 155. The van der Waals surface area contributed by atoms with Gasteiger partial charge in [-0.3, -0.25) is 4.55 Å². The van der Waals surface area contributed by atoms with E-state index in [0.717, 1.165) is 0 Å². The van der Waals surface area contributed by atoms with Crippen molar-refractivity contribution < 1.29 is 56.9 Å². The van der Waals surface area contributed by atoms with Gasteiger partial charge in [0.05, 0.1) is 0 Å². The fraction of sp³-hybridized carbons (Fsp3) is 1.00. The minimum absolute atomic E-state index is 0.170. The second-order valence-corrected chi connectivity index (χ2v) is 5.24. The van der Waals surface area contributed by atoms with E-state index in [2.05, 4.69) is 0 Å². The zero-order valence-corrected chi connectivity index (χ0v) is 10.5. The van der Waals surface area contributed by atoms with Crippen molar-refractivity contribution >= 4 is 10.1 Å². The average molecular weight is 360 g/mol. The highest BCUT2D eigenvalue weighted by atomic mass is 32.2. The Kier molecular flexibility index (Phi) is 4.68. The predicted molar refractivity (Wildman–Crippen MR) is 46.6 cm³/mol. The molecule has 0 saturated heterocycles. The zero-order chi connectivity index (χ0) is 17.7. The fourth-order valence-electron chi connectivity index (χ4n) is 0.994. The maximum atomic E-state index is 12.9. The van der Waals surface area contributed by atoms with Gasteiger partial charge in [-0.25, -0.2) is 0 Å². The van der Waals surface area contributed by atoms with E-state index in [4.69, 9.17) is 4.55 Å². The van der Waals surface area contributed by atoms with Gasteiger partial charge in [0.25, 0.3) is 0 Å². The van der Waals surface area contributed by atoms with Crippen molar-refractivity contribution in [2.24, 2.45) is 0 Å². The van der Waals surface area contributed by atoms with Crippen LogP contribution in [0, 0.1) is 0 Å². The molecule has 0 aliphatic carbocycles. The van der Waals surface area contributed by atoms with Crippen molar-refractivity contribution in [3.8, 4) is 0 Å². The van der Waals surface area contributed by atoms with Gasteiger partial charge in [-0.05, 0) is 0 Å². The van der Waals surface area contributed by atoms with E-state index < -0.39 is 45.5 Å². The van der Waals surface area contributed by atoms with Crippen LogP contribution in [0.4, 0.5) is 43.9 Å². The molecule has 0 aliphatic heterocycles. The molecule has 0 aromatic heterocycles. The Morgan fingerprint density at radius 1 is 0.762 bits per heavy atom. The second kappa shape index (κ2) is 4.86. The molecule has 0 aromatic rings. The molecule has 0 unspecified atom stereocenters. The lowest BCUT2D eigenvalue weighted by Gasteiger charge is -2.38. The Balaban J connectivity index is 6.27. The molecule has 1 N–H and O–H groups in total. The minimum Gasteiger partial charge on any atom is -0.281 e. The first kappa shape index (κ1) is 20.2. The Labute approximate surface area is 110 Å². The summed E-state index contributed by atoms with van der Waals surface area (Å²) in [5.41, 5.74) is 0. The van der Waals surface area contributed by atoms with Crippen molar-refractivity contribution in [3.05, 3.63) is 0 Å². The van der Waals surface area contributed by atoms with Gasteiger partial charge < -0.3 is 0 Å². The first-order valence-electron chi connectivity index (χ1n) is 4.67. The molecule has 0 saturated carbocycles. The highest BCUT2D eigenvalue weighted by Gasteiger charge is 2.88. The molecule has 0 radical (unpaired) electrons. The van der Waals surface area contributed by atoms with Gasteiger partial charge in [0, 0.05) is 6.42 Å². The van der Waals surface area contributed by atoms with Crippen LogP contribution in [-0.4, -0.2) is 41.9 Å². The standard InChI is InChI=1S/C7H6F10O3S/c1-2-3(8,9)4(10,11)5(12,13)6(14,15)7(16,17)21(18,19)20/h2H2,1H3,(H,18,19,20). The number of hydrogen-bond donors (Lipinski definition) is 1. The van der Waals surface area contributed by atoms with Gasteiger partial charge in [0.2, 0.25) is 0 Å². The SMILES string of the molecule is CCC(F)(F)C(F)(F)C(F)(F)C(F)(F)C(F)(F)S(=O)(=O)O. The summed E-state index contributed by atoms with van der Waals surface area (Å²) in [6, 6.07) is 0. The largest absolute Gasteiger partial charge is 0.438 e. The molecule has 0 heterocycles. The molecule has 0 aromatic carbocycles. The van der Waals surface area contributed by atoms with Gasteiger partial charge >= 0.3 is 39.1 Å². The quantitative estimate of drug-likeness (QED) is 0.583. The first-order chi connectivity index (χ1) is 8.81. The summed E-state index contributed by atoms with van der Waals surface area (Å²) in [7, 11) is -7.30. The van der Waals surface area contributed by atoms with Crippen molar-refractivity contribution in [1.82, 2.24) is 0 Å². The number of alkyl halides is 10. The summed E-state index contributed by atoms with van der Waals surface area (Å²) in [5.74, 6) is -27.9. The summed E-state index contributed by atoms with van der Waals surface area (Å²) in [5, 5.41) is -7.13. The second-order valence-electron chi connectivity index (χ2n) is 3.77. The van der Waals surface area contributed by atoms with Gasteiger partial charge in [0.15, 0.2) is 0 Å². The molecule has 3 nitrogen and oxygen atoms in total. The number of rotatable bonds is 6. The summed E-state index contributed by atoms with van der Waals surface area (Å²) in [6.07, 6.45) is -2.14. The highest BCUT2D eigenvalue weighted by Crippen LogP contribution is 2.58. The van der Waals surface area contributed by atoms with Crippen LogP contribution < -0.4 is 0 Å². The monoisotopic (exact) mass is 360 g/mol. The maximum absolute atomic E-state index is 12.9. The number of halogens is 10. The van der Waals surface area contributed by atoms with Crippen molar-refractivity contribution in [2.75, 3.05) is 0 Å². The lowest BCUT2D eigenvalue weighted by atomic mass is 9.97. The molecule has 14 heteroatoms. The molecule has 0 fully saturated rings. The maximum Gasteiger partial charge on any atom is 0.438 e. The third-order valence-electron chi connectivity index (χ3n) is 2.38. The van der Waals surface area contributed by atoms with E-state index in [0.29, 0.717) is 0 Å². The van der Waals surface area contributed by atoms with Crippen molar-refractivity contribution in [3.63, 3.8) is 0 Å². The third kappa shape index (κ3) is 2.55. The fourth-order valence-corrected chi connectivity index (χ4v) is 1.45. The first-order valence-corrected chi connectivity index (χ1v) is 6.11. The Morgan fingerprint density at radius 3 is 1.33 bits per heavy atom. The van der Waals surface area contributed by atoms with Gasteiger partial charge in [-0.1, -0.05) is 6.92 Å². The van der Waals surface area contributed by atoms with Crippen molar-refractivity contribution in [2.45, 2.75) is 42.3 Å². The highest BCUT2D eigenvalue weighted by molar-refractivity contribution is 7.87. The third-order valence-corrected chi connectivity index (χ3v) is 3.29. The van der Waals surface area contributed by atoms with Crippen LogP contribution in [0.3, 0.4) is 0 Å². The normalized spacial score (nSPS) is 16.2. The summed E-state index contributed by atoms with van der Waals surface area (Å²) in [4.78, 5) is 0. The van der Waals surface area contributed by atoms with Crippen LogP contribution in [0.15, 0.2) is 0 Å².